The lowest BCUT2D eigenvalue weighted by Gasteiger charge is -2.21. The minimum absolute atomic E-state index is 0.161. The molecule has 0 saturated heterocycles. The highest BCUT2D eigenvalue weighted by Crippen LogP contribution is 2.29. The highest BCUT2D eigenvalue weighted by molar-refractivity contribution is 7.92. The van der Waals surface area contributed by atoms with Crippen molar-refractivity contribution in [2.75, 3.05) is 0 Å². The zero-order chi connectivity index (χ0) is 11.1. The van der Waals surface area contributed by atoms with Crippen LogP contribution >= 0.6 is 0 Å². The summed E-state index contributed by atoms with van der Waals surface area (Å²) < 4.78 is 23.7. The lowest BCUT2D eigenvalue weighted by atomic mass is 10.1. The number of aryl methyl sites for hydroxylation is 1. The van der Waals surface area contributed by atoms with Crippen molar-refractivity contribution in [2.45, 2.75) is 23.0 Å². The number of aliphatic carboxylic acids is 1. The van der Waals surface area contributed by atoms with Gasteiger partial charge in [0.15, 0.2) is 15.1 Å². The predicted octanol–water partition coefficient (Wildman–Crippen LogP) is 0.860. The Balaban J connectivity index is 2.60. The second kappa shape index (κ2) is 3.34. The van der Waals surface area contributed by atoms with E-state index in [1.54, 1.807) is 18.2 Å². The molecule has 1 N–H and O–H groups in total. The van der Waals surface area contributed by atoms with Crippen molar-refractivity contribution in [1.82, 2.24) is 0 Å². The maximum atomic E-state index is 11.9. The quantitative estimate of drug-likeness (QED) is 0.771. The smallest absolute Gasteiger partial charge is 0.322 e. The molecule has 5 heteroatoms. The van der Waals surface area contributed by atoms with Gasteiger partial charge in [0.2, 0.25) is 0 Å². The second-order valence-electron chi connectivity index (χ2n) is 3.52. The molecule has 1 atom stereocenters. The first-order chi connectivity index (χ1) is 7.03. The second-order valence-corrected chi connectivity index (χ2v) is 5.62. The Labute approximate surface area is 87.5 Å². The van der Waals surface area contributed by atoms with E-state index in [9.17, 15) is 13.2 Å². The fourth-order valence-electron chi connectivity index (χ4n) is 1.84. The molecular formula is C10H10O4S. The number of rotatable bonds is 1. The van der Waals surface area contributed by atoms with Gasteiger partial charge in [0.25, 0.3) is 0 Å². The van der Waals surface area contributed by atoms with Crippen molar-refractivity contribution in [1.29, 1.82) is 0 Å². The van der Waals surface area contributed by atoms with Crippen LogP contribution < -0.4 is 0 Å². The van der Waals surface area contributed by atoms with Gasteiger partial charge >= 0.3 is 5.97 Å². The number of hydrogen-bond donors (Lipinski definition) is 1. The normalized spacial score (nSPS) is 23.1. The van der Waals surface area contributed by atoms with Crippen molar-refractivity contribution < 1.29 is 18.3 Å². The zero-order valence-corrected chi connectivity index (χ0v) is 8.70. The summed E-state index contributed by atoms with van der Waals surface area (Å²) in [4.78, 5) is 11.0. The number of carboxylic acid groups (broad SMARTS) is 1. The van der Waals surface area contributed by atoms with Gasteiger partial charge in [-0.2, -0.15) is 0 Å². The van der Waals surface area contributed by atoms with Crippen LogP contribution in [0.3, 0.4) is 0 Å². The summed E-state index contributed by atoms with van der Waals surface area (Å²) in [7, 11) is -3.68. The SMILES string of the molecule is O=C(O)C1CCc2ccccc2S1(=O)=O. The van der Waals surface area contributed by atoms with Crippen LogP contribution in [0.5, 0.6) is 0 Å². The first kappa shape index (κ1) is 10.2. The standard InChI is InChI=1S/C10H10O4S/c11-10(12)9-6-5-7-3-1-2-4-8(7)15(9,13)14/h1-4,9H,5-6H2,(H,11,12). The molecule has 15 heavy (non-hydrogen) atoms. The fourth-order valence-corrected chi connectivity index (χ4v) is 3.64. The molecule has 1 aromatic carbocycles. The molecule has 80 valence electrons. The maximum Gasteiger partial charge on any atom is 0.322 e. The average Bonchev–Trinajstić information content (AvgIpc) is 2.17. The molecule has 2 rings (SSSR count). The minimum atomic E-state index is -3.68. The third-order valence-corrected chi connectivity index (χ3v) is 4.80. The van der Waals surface area contributed by atoms with Gasteiger partial charge in [-0.1, -0.05) is 18.2 Å². The van der Waals surface area contributed by atoms with E-state index in [2.05, 4.69) is 0 Å². The molecule has 0 radical (unpaired) electrons. The third kappa shape index (κ3) is 1.52. The van der Waals surface area contributed by atoms with E-state index >= 15 is 0 Å². The zero-order valence-electron chi connectivity index (χ0n) is 7.88. The van der Waals surface area contributed by atoms with Crippen LogP contribution in [-0.4, -0.2) is 24.7 Å². The molecule has 1 aliphatic rings. The van der Waals surface area contributed by atoms with E-state index in [4.69, 9.17) is 5.11 Å². The molecule has 1 heterocycles. The van der Waals surface area contributed by atoms with Gasteiger partial charge in [-0.3, -0.25) is 4.79 Å². The fraction of sp³-hybridized carbons (Fsp3) is 0.300. The van der Waals surface area contributed by atoms with Crippen LogP contribution in [0.4, 0.5) is 0 Å². The van der Waals surface area contributed by atoms with Crippen LogP contribution in [-0.2, 0) is 21.1 Å². The van der Waals surface area contributed by atoms with E-state index < -0.39 is 21.1 Å². The Morgan fingerprint density at radius 3 is 2.67 bits per heavy atom. The largest absolute Gasteiger partial charge is 0.480 e. The Morgan fingerprint density at radius 2 is 2.00 bits per heavy atom. The van der Waals surface area contributed by atoms with E-state index in [-0.39, 0.29) is 11.3 Å². The van der Waals surface area contributed by atoms with Crippen molar-refractivity contribution in [3.63, 3.8) is 0 Å². The molecule has 1 unspecified atom stereocenters. The van der Waals surface area contributed by atoms with Gasteiger partial charge in [0, 0.05) is 0 Å². The third-order valence-electron chi connectivity index (χ3n) is 2.61. The molecule has 4 nitrogen and oxygen atoms in total. The van der Waals surface area contributed by atoms with Crippen molar-refractivity contribution in [3.05, 3.63) is 29.8 Å². The molecule has 0 bridgehead atoms. The molecule has 0 fully saturated rings. The lowest BCUT2D eigenvalue weighted by Crippen LogP contribution is -2.34. The van der Waals surface area contributed by atoms with E-state index in [0.717, 1.165) is 5.56 Å². The van der Waals surface area contributed by atoms with Crippen LogP contribution in [0.2, 0.25) is 0 Å². The number of carbonyl (C=O) groups is 1. The summed E-state index contributed by atoms with van der Waals surface area (Å²) in [6, 6.07) is 6.57. The van der Waals surface area contributed by atoms with E-state index in [0.29, 0.717) is 6.42 Å². The van der Waals surface area contributed by atoms with E-state index in [1.807, 2.05) is 0 Å². The average molecular weight is 226 g/mol. The van der Waals surface area contributed by atoms with Crippen molar-refractivity contribution in [3.8, 4) is 0 Å². The van der Waals surface area contributed by atoms with Crippen molar-refractivity contribution in [2.24, 2.45) is 0 Å². The molecule has 0 spiro atoms. The van der Waals surface area contributed by atoms with Gasteiger partial charge in [-0.25, -0.2) is 8.42 Å². The van der Waals surface area contributed by atoms with Gasteiger partial charge in [0.1, 0.15) is 0 Å². The summed E-state index contributed by atoms with van der Waals surface area (Å²) in [6.07, 6.45) is 0.668. The Hall–Kier alpha value is -1.36. The van der Waals surface area contributed by atoms with Crippen LogP contribution in [0, 0.1) is 0 Å². The van der Waals surface area contributed by atoms with Gasteiger partial charge in [0.05, 0.1) is 4.90 Å². The maximum absolute atomic E-state index is 11.9. The summed E-state index contributed by atoms with van der Waals surface area (Å²) in [5, 5.41) is 7.54. The van der Waals surface area contributed by atoms with Crippen LogP contribution in [0.1, 0.15) is 12.0 Å². The van der Waals surface area contributed by atoms with Gasteiger partial charge in [-0.05, 0) is 24.5 Å². The summed E-state index contributed by atoms with van der Waals surface area (Å²) in [5.41, 5.74) is 0.718. The number of fused-ring (bicyclic) bond motifs is 1. The number of sulfone groups is 1. The van der Waals surface area contributed by atoms with Gasteiger partial charge < -0.3 is 5.11 Å². The summed E-state index contributed by atoms with van der Waals surface area (Å²) in [5.74, 6) is -1.26. The van der Waals surface area contributed by atoms with Gasteiger partial charge in [-0.15, -0.1) is 0 Å². The molecule has 0 saturated carbocycles. The first-order valence-corrected chi connectivity index (χ1v) is 6.13. The molecular weight excluding hydrogens is 216 g/mol. The van der Waals surface area contributed by atoms with Crippen molar-refractivity contribution >= 4 is 15.8 Å². The Kier molecular flexibility index (Phi) is 2.26. The van der Waals surface area contributed by atoms with E-state index in [1.165, 1.54) is 6.07 Å². The number of benzene rings is 1. The molecule has 1 aliphatic heterocycles. The first-order valence-electron chi connectivity index (χ1n) is 4.58. The van der Waals surface area contributed by atoms with Crippen LogP contribution in [0.15, 0.2) is 29.2 Å². The topological polar surface area (TPSA) is 71.4 Å². The number of hydrogen-bond acceptors (Lipinski definition) is 3. The lowest BCUT2D eigenvalue weighted by molar-refractivity contribution is -0.136. The van der Waals surface area contributed by atoms with Crippen LogP contribution in [0.25, 0.3) is 0 Å². The number of carboxylic acids is 1. The minimum Gasteiger partial charge on any atom is -0.480 e. The summed E-state index contributed by atoms with van der Waals surface area (Å²) in [6.45, 7) is 0. The molecule has 1 aromatic rings. The Bertz CT molecular complexity index is 504. The molecule has 0 aromatic heterocycles. The summed E-state index contributed by atoms with van der Waals surface area (Å²) >= 11 is 0. The highest BCUT2D eigenvalue weighted by atomic mass is 32.2. The monoisotopic (exact) mass is 226 g/mol. The molecule has 0 amide bonds. The highest BCUT2D eigenvalue weighted by Gasteiger charge is 2.38. The Morgan fingerprint density at radius 1 is 1.33 bits per heavy atom. The molecule has 0 aliphatic carbocycles. The predicted molar refractivity (Wildman–Crippen MR) is 53.4 cm³/mol.